The Morgan fingerprint density at radius 1 is 1.60 bits per heavy atom. The van der Waals surface area contributed by atoms with E-state index in [1.807, 2.05) is 6.92 Å². The predicted molar refractivity (Wildman–Crippen MR) is 58.5 cm³/mol. The lowest BCUT2D eigenvalue weighted by atomic mass is 10.3. The molecular formula is C9H13NO3S2. The summed E-state index contributed by atoms with van der Waals surface area (Å²) < 4.78 is 31.4. The Morgan fingerprint density at radius 2 is 2.40 bits per heavy atom. The maximum atomic E-state index is 12.1. The lowest BCUT2D eigenvalue weighted by Crippen LogP contribution is -2.44. The Kier molecular flexibility index (Phi) is 3.11. The molecule has 4 nitrogen and oxygen atoms in total. The number of thiophene rings is 1. The standard InChI is InChI=1S/C9H13NO3S2/c1-8-7-10(4-5-13-8)15(11,12)9-3-2-6-14-9/h2-3,6,8H,4-5,7H2,1H3. The van der Waals surface area contributed by atoms with Gasteiger partial charge in [-0.05, 0) is 18.4 Å². The van der Waals surface area contributed by atoms with Crippen molar-refractivity contribution in [3.8, 4) is 0 Å². The topological polar surface area (TPSA) is 46.6 Å². The number of hydrogen-bond acceptors (Lipinski definition) is 4. The fourth-order valence-electron chi connectivity index (χ4n) is 1.54. The third-order valence-corrected chi connectivity index (χ3v) is 5.53. The zero-order valence-corrected chi connectivity index (χ0v) is 10.1. The second-order valence-electron chi connectivity index (χ2n) is 3.48. The molecule has 2 heterocycles. The molecule has 6 heteroatoms. The van der Waals surface area contributed by atoms with Gasteiger partial charge in [-0.25, -0.2) is 8.42 Å². The Hall–Kier alpha value is -0.430. The van der Waals surface area contributed by atoms with Crippen LogP contribution in [0.15, 0.2) is 21.7 Å². The van der Waals surface area contributed by atoms with E-state index in [0.717, 1.165) is 0 Å². The zero-order valence-electron chi connectivity index (χ0n) is 8.42. The minimum absolute atomic E-state index is 0.0199. The van der Waals surface area contributed by atoms with Crippen LogP contribution in [0.1, 0.15) is 6.92 Å². The highest BCUT2D eigenvalue weighted by Gasteiger charge is 2.29. The molecule has 0 N–H and O–H groups in total. The van der Waals surface area contributed by atoms with E-state index in [1.165, 1.54) is 15.6 Å². The maximum Gasteiger partial charge on any atom is 0.252 e. The molecule has 0 radical (unpaired) electrons. The average Bonchev–Trinajstić information content (AvgIpc) is 2.71. The lowest BCUT2D eigenvalue weighted by Gasteiger charge is -2.29. The van der Waals surface area contributed by atoms with Crippen LogP contribution in [-0.4, -0.2) is 38.5 Å². The minimum atomic E-state index is -3.28. The first-order chi connectivity index (χ1) is 7.10. The quantitative estimate of drug-likeness (QED) is 0.788. The van der Waals surface area contributed by atoms with E-state index in [1.54, 1.807) is 17.5 Å². The Balaban J connectivity index is 2.22. The number of nitrogens with zero attached hydrogens (tertiary/aromatic N) is 1. The van der Waals surface area contributed by atoms with Gasteiger partial charge >= 0.3 is 0 Å². The summed E-state index contributed by atoms with van der Waals surface area (Å²) in [5.41, 5.74) is 0. The molecule has 1 aromatic rings. The summed E-state index contributed by atoms with van der Waals surface area (Å²) in [7, 11) is -3.28. The molecule has 1 aromatic heterocycles. The van der Waals surface area contributed by atoms with Crippen molar-refractivity contribution in [1.29, 1.82) is 0 Å². The molecule has 84 valence electrons. The molecular weight excluding hydrogens is 234 g/mol. The van der Waals surface area contributed by atoms with Crippen molar-refractivity contribution >= 4 is 21.4 Å². The van der Waals surface area contributed by atoms with Crippen LogP contribution < -0.4 is 0 Å². The first-order valence-corrected chi connectivity index (χ1v) is 7.08. The minimum Gasteiger partial charge on any atom is -0.376 e. The van der Waals surface area contributed by atoms with Crippen molar-refractivity contribution in [1.82, 2.24) is 4.31 Å². The third kappa shape index (κ3) is 2.23. The Labute approximate surface area is 93.5 Å². The number of sulfonamides is 1. The summed E-state index contributed by atoms with van der Waals surface area (Å²) in [6.45, 7) is 3.26. The Morgan fingerprint density at radius 3 is 3.00 bits per heavy atom. The van der Waals surface area contributed by atoms with Crippen LogP contribution >= 0.6 is 11.3 Å². The summed E-state index contributed by atoms with van der Waals surface area (Å²) in [4.78, 5) is 0. The summed E-state index contributed by atoms with van der Waals surface area (Å²) in [5, 5.41) is 1.77. The van der Waals surface area contributed by atoms with Crippen LogP contribution in [0.3, 0.4) is 0 Å². The van der Waals surface area contributed by atoms with Crippen LogP contribution in [0, 0.1) is 0 Å². The van der Waals surface area contributed by atoms with Gasteiger partial charge in [0.1, 0.15) is 4.21 Å². The van der Waals surface area contributed by atoms with Gasteiger partial charge in [0.15, 0.2) is 0 Å². The molecule has 0 bridgehead atoms. The fourth-order valence-corrected chi connectivity index (χ4v) is 4.19. The van der Waals surface area contributed by atoms with Gasteiger partial charge < -0.3 is 4.74 Å². The van der Waals surface area contributed by atoms with E-state index in [9.17, 15) is 8.42 Å². The normalized spacial score (nSPS) is 24.2. The number of rotatable bonds is 2. The second kappa shape index (κ2) is 4.21. The highest BCUT2D eigenvalue weighted by atomic mass is 32.2. The van der Waals surface area contributed by atoms with E-state index in [-0.39, 0.29) is 6.10 Å². The van der Waals surface area contributed by atoms with E-state index >= 15 is 0 Å². The molecule has 1 fully saturated rings. The largest absolute Gasteiger partial charge is 0.376 e. The van der Waals surface area contributed by atoms with Crippen molar-refractivity contribution in [2.24, 2.45) is 0 Å². The summed E-state index contributed by atoms with van der Waals surface area (Å²) >= 11 is 1.25. The van der Waals surface area contributed by atoms with Gasteiger partial charge in [-0.15, -0.1) is 11.3 Å². The van der Waals surface area contributed by atoms with Gasteiger partial charge in [0, 0.05) is 13.1 Å². The van der Waals surface area contributed by atoms with Crippen molar-refractivity contribution in [2.75, 3.05) is 19.7 Å². The highest BCUT2D eigenvalue weighted by molar-refractivity contribution is 7.91. The van der Waals surface area contributed by atoms with Gasteiger partial charge in [-0.1, -0.05) is 6.07 Å². The Bertz CT molecular complexity index is 413. The molecule has 15 heavy (non-hydrogen) atoms. The monoisotopic (exact) mass is 247 g/mol. The van der Waals surface area contributed by atoms with Crippen molar-refractivity contribution in [3.63, 3.8) is 0 Å². The molecule has 0 amide bonds. The number of hydrogen-bond donors (Lipinski definition) is 0. The van der Waals surface area contributed by atoms with Crippen LogP contribution in [0.5, 0.6) is 0 Å². The van der Waals surface area contributed by atoms with Gasteiger partial charge in [-0.2, -0.15) is 4.31 Å². The first-order valence-electron chi connectivity index (χ1n) is 4.76. The van der Waals surface area contributed by atoms with E-state index < -0.39 is 10.0 Å². The van der Waals surface area contributed by atoms with Crippen LogP contribution in [0.4, 0.5) is 0 Å². The van der Waals surface area contributed by atoms with E-state index in [0.29, 0.717) is 23.9 Å². The van der Waals surface area contributed by atoms with Gasteiger partial charge in [0.25, 0.3) is 10.0 Å². The summed E-state index contributed by atoms with van der Waals surface area (Å²) in [6.07, 6.45) is -0.0199. The first kappa shape index (κ1) is 11.1. The van der Waals surface area contributed by atoms with E-state index in [2.05, 4.69) is 0 Å². The van der Waals surface area contributed by atoms with Crippen molar-refractivity contribution in [2.45, 2.75) is 17.2 Å². The molecule has 1 aliphatic heterocycles. The summed E-state index contributed by atoms with van der Waals surface area (Å²) in [6, 6.07) is 3.39. The van der Waals surface area contributed by atoms with Crippen molar-refractivity contribution < 1.29 is 13.2 Å². The summed E-state index contributed by atoms with van der Waals surface area (Å²) in [5.74, 6) is 0. The molecule has 2 rings (SSSR count). The zero-order chi connectivity index (χ0) is 10.9. The van der Waals surface area contributed by atoms with Crippen LogP contribution in [0.25, 0.3) is 0 Å². The maximum absolute atomic E-state index is 12.1. The molecule has 0 spiro atoms. The average molecular weight is 247 g/mol. The lowest BCUT2D eigenvalue weighted by molar-refractivity contribution is 0.0102. The molecule has 1 saturated heterocycles. The molecule has 0 saturated carbocycles. The van der Waals surface area contributed by atoms with E-state index in [4.69, 9.17) is 4.74 Å². The molecule has 1 aliphatic rings. The number of ether oxygens (including phenoxy) is 1. The third-order valence-electron chi connectivity index (χ3n) is 2.29. The molecule has 0 aromatic carbocycles. The van der Waals surface area contributed by atoms with Crippen molar-refractivity contribution in [3.05, 3.63) is 17.5 Å². The van der Waals surface area contributed by atoms with Crippen LogP contribution in [0.2, 0.25) is 0 Å². The van der Waals surface area contributed by atoms with Gasteiger partial charge in [0.2, 0.25) is 0 Å². The van der Waals surface area contributed by atoms with Gasteiger partial charge in [0.05, 0.1) is 12.7 Å². The SMILES string of the molecule is CC1CN(S(=O)(=O)c2cccs2)CCO1. The molecule has 1 unspecified atom stereocenters. The highest BCUT2D eigenvalue weighted by Crippen LogP contribution is 2.22. The van der Waals surface area contributed by atoms with Gasteiger partial charge in [-0.3, -0.25) is 0 Å². The number of morpholine rings is 1. The van der Waals surface area contributed by atoms with Crippen LogP contribution in [-0.2, 0) is 14.8 Å². The second-order valence-corrected chi connectivity index (χ2v) is 6.59. The fraction of sp³-hybridized carbons (Fsp3) is 0.556. The predicted octanol–water partition coefficient (Wildman–Crippen LogP) is 1.16. The smallest absolute Gasteiger partial charge is 0.252 e. The molecule has 0 aliphatic carbocycles. The molecule has 1 atom stereocenters.